The molecule has 4 heterocycles. The van der Waals surface area contributed by atoms with Crippen LogP contribution in [-0.4, -0.2) is 11.3 Å². The van der Waals surface area contributed by atoms with E-state index in [0.717, 1.165) is 28.1 Å². The van der Waals surface area contributed by atoms with Crippen molar-refractivity contribution in [3.05, 3.63) is 97.1 Å². The summed E-state index contributed by atoms with van der Waals surface area (Å²) in [5.41, 5.74) is 9.27. The van der Waals surface area contributed by atoms with Crippen molar-refractivity contribution in [3.8, 4) is 17.2 Å². The molecule has 2 aliphatic heterocycles. The van der Waals surface area contributed by atoms with Gasteiger partial charge in [0.15, 0.2) is 0 Å². The second-order valence-corrected chi connectivity index (χ2v) is 9.28. The highest BCUT2D eigenvalue weighted by molar-refractivity contribution is 6.99. The van der Waals surface area contributed by atoms with Gasteiger partial charge in [0, 0.05) is 21.8 Å². The highest BCUT2D eigenvalue weighted by atomic mass is 16.5. The Balaban J connectivity index is 1.60. The van der Waals surface area contributed by atoms with Crippen molar-refractivity contribution < 1.29 is 9.15 Å². The molecule has 34 heavy (non-hydrogen) atoms. The molecular weight excluding hydrogens is 417 g/mol. The summed E-state index contributed by atoms with van der Waals surface area (Å²) >= 11 is 0. The molecule has 0 saturated heterocycles. The van der Waals surface area contributed by atoms with Gasteiger partial charge < -0.3 is 13.7 Å². The topological polar surface area (TPSA) is 27.3 Å². The van der Waals surface area contributed by atoms with E-state index in [1.165, 1.54) is 49.3 Å². The third kappa shape index (κ3) is 1.85. The van der Waals surface area contributed by atoms with Gasteiger partial charge in [-0.25, -0.2) is 0 Å². The van der Waals surface area contributed by atoms with Crippen LogP contribution in [0.4, 0.5) is 0 Å². The fraction of sp³-hybridized carbons (Fsp3) is 0. The lowest BCUT2D eigenvalue weighted by Gasteiger charge is -2.33. The van der Waals surface area contributed by atoms with E-state index < -0.39 is 0 Å². The van der Waals surface area contributed by atoms with Gasteiger partial charge in [-0.3, -0.25) is 0 Å². The second-order valence-electron chi connectivity index (χ2n) is 9.28. The molecule has 0 unspecified atom stereocenters. The molecule has 5 aromatic carbocycles. The van der Waals surface area contributed by atoms with Crippen molar-refractivity contribution in [2.75, 3.05) is 0 Å². The maximum Gasteiger partial charge on any atom is 0.256 e. The minimum atomic E-state index is 0.105. The standard InChI is InChI=1S/C30H16BNO2/c1-4-11-22-18(9-1)27-29-21(16-19-17-8-2-5-13-24(17)34-30(19)27)31-20-10-3-6-14-25(20)33-26-15-7-12-23(28(26)31)32(22)29/h1-16H. The first-order valence-corrected chi connectivity index (χ1v) is 11.7. The molecule has 0 spiro atoms. The quantitative estimate of drug-likeness (QED) is 0.291. The maximum atomic E-state index is 6.54. The van der Waals surface area contributed by atoms with E-state index in [1.807, 2.05) is 6.07 Å². The molecule has 9 rings (SSSR count). The Kier molecular flexibility index (Phi) is 2.88. The van der Waals surface area contributed by atoms with Crippen LogP contribution in [0.1, 0.15) is 0 Å². The van der Waals surface area contributed by atoms with E-state index >= 15 is 0 Å². The molecule has 156 valence electrons. The SMILES string of the molecule is c1ccc2c(c1)Oc1cccc3c1B2c1cc2c4ccccc4oc2c2c4ccccc4n-3c12. The van der Waals surface area contributed by atoms with E-state index in [1.54, 1.807) is 0 Å². The molecule has 2 aliphatic rings. The summed E-state index contributed by atoms with van der Waals surface area (Å²) in [7, 11) is 0. The Morgan fingerprint density at radius 3 is 2.41 bits per heavy atom. The molecule has 0 fully saturated rings. The maximum absolute atomic E-state index is 6.54. The predicted molar refractivity (Wildman–Crippen MR) is 139 cm³/mol. The minimum Gasteiger partial charge on any atom is -0.458 e. The molecule has 2 aromatic heterocycles. The van der Waals surface area contributed by atoms with Crippen LogP contribution in [0, 0.1) is 0 Å². The number of benzene rings is 5. The fourth-order valence-electron chi connectivity index (χ4n) is 6.35. The fourth-order valence-corrected chi connectivity index (χ4v) is 6.35. The highest BCUT2D eigenvalue weighted by Gasteiger charge is 2.41. The third-order valence-corrected chi connectivity index (χ3v) is 7.64. The van der Waals surface area contributed by atoms with Gasteiger partial charge in [-0.15, -0.1) is 0 Å². The van der Waals surface area contributed by atoms with Gasteiger partial charge in [-0.05, 0) is 46.7 Å². The van der Waals surface area contributed by atoms with E-state index in [0.29, 0.717) is 0 Å². The van der Waals surface area contributed by atoms with Crippen LogP contribution < -0.4 is 21.1 Å². The van der Waals surface area contributed by atoms with Crippen LogP contribution in [0.15, 0.2) is 101 Å². The number of ether oxygens (including phenoxy) is 1. The molecule has 0 radical (unpaired) electrons. The Labute approximate surface area is 194 Å². The van der Waals surface area contributed by atoms with Crippen molar-refractivity contribution in [2.45, 2.75) is 0 Å². The summed E-state index contributed by atoms with van der Waals surface area (Å²) < 4.78 is 15.4. The molecular formula is C30H16BNO2. The summed E-state index contributed by atoms with van der Waals surface area (Å²) in [6.07, 6.45) is 0. The molecule has 0 N–H and O–H groups in total. The number of fused-ring (bicyclic) bond motifs is 11. The number of para-hydroxylation sites is 3. The van der Waals surface area contributed by atoms with Crippen LogP contribution in [0.3, 0.4) is 0 Å². The van der Waals surface area contributed by atoms with Crippen molar-refractivity contribution in [3.63, 3.8) is 0 Å². The number of hydrogen-bond acceptors (Lipinski definition) is 2. The minimum absolute atomic E-state index is 0.105. The predicted octanol–water partition coefficient (Wildman–Crippen LogP) is 5.62. The van der Waals surface area contributed by atoms with Crippen LogP contribution in [0.25, 0.3) is 49.4 Å². The van der Waals surface area contributed by atoms with E-state index in [-0.39, 0.29) is 6.71 Å². The first-order chi connectivity index (χ1) is 16.9. The summed E-state index contributed by atoms with van der Waals surface area (Å²) in [4.78, 5) is 0. The number of rotatable bonds is 0. The van der Waals surface area contributed by atoms with Crippen LogP contribution in [0.5, 0.6) is 11.5 Å². The van der Waals surface area contributed by atoms with Gasteiger partial charge in [-0.2, -0.15) is 0 Å². The molecule has 3 nitrogen and oxygen atoms in total. The molecule has 0 bridgehead atoms. The van der Waals surface area contributed by atoms with Gasteiger partial charge in [0.1, 0.15) is 22.7 Å². The van der Waals surface area contributed by atoms with Gasteiger partial charge in [-0.1, -0.05) is 66.7 Å². The summed E-state index contributed by atoms with van der Waals surface area (Å²) in [5, 5.41) is 4.74. The first-order valence-electron chi connectivity index (χ1n) is 11.7. The zero-order valence-corrected chi connectivity index (χ0v) is 18.1. The zero-order valence-electron chi connectivity index (χ0n) is 18.1. The van der Waals surface area contributed by atoms with Gasteiger partial charge in [0.05, 0.1) is 16.4 Å². The van der Waals surface area contributed by atoms with Crippen molar-refractivity contribution in [1.29, 1.82) is 0 Å². The smallest absolute Gasteiger partial charge is 0.256 e. The lowest BCUT2D eigenvalue weighted by atomic mass is 9.34. The van der Waals surface area contributed by atoms with Gasteiger partial charge in [0.25, 0.3) is 6.71 Å². The monoisotopic (exact) mass is 433 g/mol. The lowest BCUT2D eigenvalue weighted by molar-refractivity contribution is 0.487. The van der Waals surface area contributed by atoms with E-state index in [4.69, 9.17) is 9.15 Å². The van der Waals surface area contributed by atoms with Crippen LogP contribution in [-0.2, 0) is 0 Å². The average Bonchev–Trinajstić information content (AvgIpc) is 3.43. The van der Waals surface area contributed by atoms with Crippen molar-refractivity contribution >= 4 is 66.8 Å². The largest absolute Gasteiger partial charge is 0.458 e. The average molecular weight is 433 g/mol. The Hall–Kier alpha value is -4.44. The number of furan rings is 1. The molecule has 0 amide bonds. The number of aromatic nitrogens is 1. The molecule has 0 saturated carbocycles. The Morgan fingerprint density at radius 2 is 1.44 bits per heavy atom. The number of hydrogen-bond donors (Lipinski definition) is 0. The lowest BCUT2D eigenvalue weighted by Crippen LogP contribution is -2.58. The molecule has 0 aliphatic carbocycles. The molecule has 0 atom stereocenters. The van der Waals surface area contributed by atoms with Gasteiger partial charge in [0.2, 0.25) is 0 Å². The molecule has 7 aromatic rings. The summed E-state index contributed by atoms with van der Waals surface area (Å²) in [6.45, 7) is 0.105. The normalized spacial score (nSPS) is 13.5. The summed E-state index contributed by atoms with van der Waals surface area (Å²) in [6, 6.07) is 34.3. The summed E-state index contributed by atoms with van der Waals surface area (Å²) in [5.74, 6) is 1.88. The van der Waals surface area contributed by atoms with Crippen molar-refractivity contribution in [2.24, 2.45) is 0 Å². The Bertz CT molecular complexity index is 2010. The zero-order chi connectivity index (χ0) is 22.0. The van der Waals surface area contributed by atoms with Crippen molar-refractivity contribution in [1.82, 2.24) is 4.57 Å². The number of nitrogens with zero attached hydrogens (tertiary/aromatic N) is 1. The van der Waals surface area contributed by atoms with E-state index in [2.05, 4.69) is 95.6 Å². The second kappa shape index (κ2) is 5.73. The van der Waals surface area contributed by atoms with Crippen LogP contribution >= 0.6 is 0 Å². The Morgan fingerprint density at radius 1 is 0.647 bits per heavy atom. The van der Waals surface area contributed by atoms with Crippen LogP contribution in [0.2, 0.25) is 0 Å². The third-order valence-electron chi connectivity index (χ3n) is 7.64. The van der Waals surface area contributed by atoms with Gasteiger partial charge >= 0.3 is 0 Å². The molecule has 4 heteroatoms. The van der Waals surface area contributed by atoms with E-state index in [9.17, 15) is 0 Å². The first kappa shape index (κ1) is 17.1. The highest BCUT2D eigenvalue weighted by Crippen LogP contribution is 2.42.